The smallest absolute Gasteiger partial charge is 0.323 e. The highest BCUT2D eigenvalue weighted by atomic mass is 32.1. The van der Waals surface area contributed by atoms with Crippen LogP contribution in [0, 0.1) is 0 Å². The third-order valence-electron chi connectivity index (χ3n) is 2.30. The summed E-state index contributed by atoms with van der Waals surface area (Å²) in [5.41, 5.74) is 6.60. The van der Waals surface area contributed by atoms with Gasteiger partial charge in [-0.05, 0) is 24.7 Å². The molecule has 0 aliphatic rings. The normalized spacial score (nSPS) is 14.2. The lowest BCUT2D eigenvalue weighted by Gasteiger charge is -2.16. The highest BCUT2D eigenvalue weighted by Gasteiger charge is 2.17. The van der Waals surface area contributed by atoms with Crippen molar-refractivity contribution in [3.05, 3.63) is 35.9 Å². The Labute approximate surface area is 101 Å². The molecular formula is C12H17NO2S. The molecule has 3 nitrogen and oxygen atoms in total. The van der Waals surface area contributed by atoms with Crippen LogP contribution in [0.2, 0.25) is 0 Å². The number of benzene rings is 1. The standard InChI is InChI=1S/C12H17NO2S/c1-9(10-5-3-2-4-6-10)15-12(14)11(13)7-8-16/h2-6,9,11,16H,7-8,13H2,1H3. The predicted molar refractivity (Wildman–Crippen MR) is 67.4 cm³/mol. The number of rotatable bonds is 5. The molecule has 4 heteroatoms. The molecule has 2 unspecified atom stereocenters. The van der Waals surface area contributed by atoms with Crippen molar-refractivity contribution >= 4 is 18.6 Å². The Balaban J connectivity index is 2.51. The van der Waals surface area contributed by atoms with Gasteiger partial charge in [-0.25, -0.2) is 0 Å². The summed E-state index contributed by atoms with van der Waals surface area (Å²) < 4.78 is 5.25. The second kappa shape index (κ2) is 6.55. The van der Waals surface area contributed by atoms with Crippen LogP contribution in [0.3, 0.4) is 0 Å². The fourth-order valence-corrected chi connectivity index (χ4v) is 1.59. The van der Waals surface area contributed by atoms with Crippen LogP contribution >= 0.6 is 12.6 Å². The number of nitrogens with two attached hydrogens (primary N) is 1. The molecule has 0 fully saturated rings. The zero-order chi connectivity index (χ0) is 12.0. The quantitative estimate of drug-likeness (QED) is 0.610. The first kappa shape index (κ1) is 13.1. The Kier molecular flexibility index (Phi) is 5.35. The van der Waals surface area contributed by atoms with Gasteiger partial charge in [0, 0.05) is 0 Å². The molecule has 2 atom stereocenters. The molecule has 1 rings (SSSR count). The van der Waals surface area contributed by atoms with Crippen molar-refractivity contribution in [2.75, 3.05) is 5.75 Å². The van der Waals surface area contributed by atoms with Gasteiger partial charge in [0.25, 0.3) is 0 Å². The minimum atomic E-state index is -0.580. The molecule has 0 bridgehead atoms. The largest absolute Gasteiger partial charge is 0.457 e. The van der Waals surface area contributed by atoms with E-state index >= 15 is 0 Å². The van der Waals surface area contributed by atoms with Crippen molar-refractivity contribution in [1.82, 2.24) is 0 Å². The molecule has 88 valence electrons. The summed E-state index contributed by atoms with van der Waals surface area (Å²) >= 11 is 4.03. The van der Waals surface area contributed by atoms with Gasteiger partial charge in [0.2, 0.25) is 0 Å². The fraction of sp³-hybridized carbons (Fsp3) is 0.417. The van der Waals surface area contributed by atoms with E-state index in [0.717, 1.165) is 5.56 Å². The van der Waals surface area contributed by atoms with Gasteiger partial charge in [-0.2, -0.15) is 12.6 Å². The number of carbonyl (C=O) groups is 1. The van der Waals surface area contributed by atoms with Crippen LogP contribution in [-0.2, 0) is 9.53 Å². The van der Waals surface area contributed by atoms with E-state index in [9.17, 15) is 4.79 Å². The maximum absolute atomic E-state index is 11.5. The highest BCUT2D eigenvalue weighted by molar-refractivity contribution is 7.80. The number of hydrogen-bond acceptors (Lipinski definition) is 4. The van der Waals surface area contributed by atoms with E-state index in [-0.39, 0.29) is 12.1 Å². The average Bonchev–Trinajstić information content (AvgIpc) is 2.30. The maximum atomic E-state index is 11.5. The second-order valence-corrected chi connectivity index (χ2v) is 4.06. The van der Waals surface area contributed by atoms with Crippen LogP contribution in [-0.4, -0.2) is 17.8 Å². The molecule has 2 N–H and O–H groups in total. The highest BCUT2D eigenvalue weighted by Crippen LogP contribution is 2.16. The molecule has 0 heterocycles. The molecule has 0 saturated carbocycles. The maximum Gasteiger partial charge on any atom is 0.323 e. The van der Waals surface area contributed by atoms with Crippen molar-refractivity contribution in [3.63, 3.8) is 0 Å². The van der Waals surface area contributed by atoms with Gasteiger partial charge in [0.15, 0.2) is 0 Å². The number of thiol groups is 1. The van der Waals surface area contributed by atoms with Crippen LogP contribution in [0.25, 0.3) is 0 Å². The number of carbonyl (C=O) groups excluding carboxylic acids is 1. The molecule has 0 aliphatic carbocycles. The molecule has 0 aromatic heterocycles. The SMILES string of the molecule is CC(OC(=O)C(N)CCS)c1ccccc1. The van der Waals surface area contributed by atoms with Crippen molar-refractivity contribution in [1.29, 1.82) is 0 Å². The van der Waals surface area contributed by atoms with Crippen LogP contribution in [0.5, 0.6) is 0 Å². The third-order valence-corrected chi connectivity index (χ3v) is 2.56. The summed E-state index contributed by atoms with van der Waals surface area (Å²) in [6.07, 6.45) is 0.267. The van der Waals surface area contributed by atoms with Gasteiger partial charge in [0.05, 0.1) is 0 Å². The van der Waals surface area contributed by atoms with Crippen LogP contribution in [0.1, 0.15) is 25.0 Å². The monoisotopic (exact) mass is 239 g/mol. The zero-order valence-corrected chi connectivity index (χ0v) is 10.2. The van der Waals surface area contributed by atoms with Gasteiger partial charge in [-0.15, -0.1) is 0 Å². The number of hydrogen-bond donors (Lipinski definition) is 2. The van der Waals surface area contributed by atoms with E-state index in [0.29, 0.717) is 12.2 Å². The van der Waals surface area contributed by atoms with E-state index in [1.807, 2.05) is 37.3 Å². The molecule has 0 radical (unpaired) electrons. The summed E-state index contributed by atoms with van der Waals surface area (Å²) in [6, 6.07) is 9.00. The van der Waals surface area contributed by atoms with Crippen molar-refractivity contribution < 1.29 is 9.53 Å². The lowest BCUT2D eigenvalue weighted by atomic mass is 10.1. The van der Waals surface area contributed by atoms with Crippen LogP contribution in [0.15, 0.2) is 30.3 Å². The molecular weight excluding hydrogens is 222 g/mol. The number of esters is 1. The number of ether oxygens (including phenoxy) is 1. The Bertz CT molecular complexity index is 329. The summed E-state index contributed by atoms with van der Waals surface area (Å²) in [5, 5.41) is 0. The third kappa shape index (κ3) is 3.87. The van der Waals surface area contributed by atoms with Crippen molar-refractivity contribution in [3.8, 4) is 0 Å². The lowest BCUT2D eigenvalue weighted by molar-refractivity contribution is -0.150. The van der Waals surface area contributed by atoms with Gasteiger partial charge in [0.1, 0.15) is 12.1 Å². The Morgan fingerprint density at radius 1 is 1.44 bits per heavy atom. The summed E-state index contributed by atoms with van der Waals surface area (Å²) in [6.45, 7) is 1.83. The molecule has 16 heavy (non-hydrogen) atoms. The Morgan fingerprint density at radius 2 is 2.06 bits per heavy atom. The lowest BCUT2D eigenvalue weighted by Crippen LogP contribution is -2.33. The van der Waals surface area contributed by atoms with Crippen molar-refractivity contribution in [2.24, 2.45) is 5.73 Å². The second-order valence-electron chi connectivity index (χ2n) is 3.61. The van der Waals surface area contributed by atoms with E-state index in [1.165, 1.54) is 0 Å². The van der Waals surface area contributed by atoms with Gasteiger partial charge < -0.3 is 10.5 Å². The Morgan fingerprint density at radius 3 is 2.62 bits per heavy atom. The zero-order valence-electron chi connectivity index (χ0n) is 9.30. The molecule has 0 saturated heterocycles. The summed E-state index contributed by atoms with van der Waals surface area (Å²) in [4.78, 5) is 11.5. The minimum Gasteiger partial charge on any atom is -0.457 e. The first-order valence-electron chi connectivity index (χ1n) is 5.27. The van der Waals surface area contributed by atoms with Gasteiger partial charge >= 0.3 is 5.97 Å². The van der Waals surface area contributed by atoms with Crippen LogP contribution in [0.4, 0.5) is 0 Å². The minimum absolute atomic E-state index is 0.264. The molecule has 1 aromatic carbocycles. The Hall–Kier alpha value is -1.00. The van der Waals surface area contributed by atoms with Crippen LogP contribution < -0.4 is 5.73 Å². The predicted octanol–water partition coefficient (Wildman–Crippen LogP) is 1.94. The molecule has 0 aliphatic heterocycles. The summed E-state index contributed by atoms with van der Waals surface area (Å²) in [7, 11) is 0. The molecule has 0 amide bonds. The average molecular weight is 239 g/mol. The first-order chi connectivity index (χ1) is 7.65. The van der Waals surface area contributed by atoms with Gasteiger partial charge in [-0.1, -0.05) is 30.3 Å². The van der Waals surface area contributed by atoms with Gasteiger partial charge in [-0.3, -0.25) is 4.79 Å². The van der Waals surface area contributed by atoms with E-state index < -0.39 is 6.04 Å². The summed E-state index contributed by atoms with van der Waals surface area (Å²) in [5.74, 6) is 0.209. The van der Waals surface area contributed by atoms with E-state index in [4.69, 9.17) is 10.5 Å². The topological polar surface area (TPSA) is 52.3 Å². The fourth-order valence-electron chi connectivity index (χ4n) is 1.31. The molecule has 0 spiro atoms. The van der Waals surface area contributed by atoms with E-state index in [1.54, 1.807) is 0 Å². The first-order valence-corrected chi connectivity index (χ1v) is 5.90. The molecule has 1 aromatic rings. The van der Waals surface area contributed by atoms with Crippen molar-refractivity contribution in [2.45, 2.75) is 25.5 Å². The van der Waals surface area contributed by atoms with E-state index in [2.05, 4.69) is 12.6 Å².